The van der Waals surface area contributed by atoms with E-state index in [1.54, 1.807) is 24.3 Å². The van der Waals surface area contributed by atoms with Crippen molar-refractivity contribution < 1.29 is 14.4 Å². The van der Waals surface area contributed by atoms with Crippen LogP contribution < -0.4 is 16.4 Å². The van der Waals surface area contributed by atoms with Crippen molar-refractivity contribution in [3.05, 3.63) is 29.8 Å². The second-order valence-corrected chi connectivity index (χ2v) is 4.47. The average Bonchev–Trinajstić information content (AvgIpc) is 2.45. The van der Waals surface area contributed by atoms with Crippen molar-refractivity contribution in [2.75, 3.05) is 31.9 Å². The van der Waals surface area contributed by atoms with E-state index in [0.717, 1.165) is 0 Å². The number of nitrogens with zero attached hydrogens (tertiary/aromatic N) is 1. The van der Waals surface area contributed by atoms with Crippen molar-refractivity contribution in [3.8, 4) is 0 Å². The smallest absolute Gasteiger partial charge is 0.251 e. The molecule has 1 saturated heterocycles. The number of carbonyl (C=O) groups is 3. The Labute approximate surface area is 116 Å². The van der Waals surface area contributed by atoms with E-state index in [-0.39, 0.29) is 30.8 Å². The third-order valence-corrected chi connectivity index (χ3v) is 2.96. The molecule has 0 spiro atoms. The van der Waals surface area contributed by atoms with Crippen LogP contribution in [0.5, 0.6) is 0 Å². The molecule has 1 aliphatic heterocycles. The molecule has 2 rings (SSSR count). The lowest BCUT2D eigenvalue weighted by atomic mass is 10.2. The molecule has 3 amide bonds. The molecular weight excluding hydrogens is 260 g/mol. The molecule has 0 atom stereocenters. The summed E-state index contributed by atoms with van der Waals surface area (Å²) >= 11 is 0. The van der Waals surface area contributed by atoms with Gasteiger partial charge >= 0.3 is 0 Å². The summed E-state index contributed by atoms with van der Waals surface area (Å²) in [5.41, 5.74) is 6.53. The lowest BCUT2D eigenvalue weighted by Crippen LogP contribution is -2.52. The Morgan fingerprint density at radius 1 is 1.30 bits per heavy atom. The Morgan fingerprint density at radius 2 is 2.00 bits per heavy atom. The molecule has 0 radical (unpaired) electrons. The van der Waals surface area contributed by atoms with Crippen LogP contribution in [0, 0.1) is 0 Å². The fraction of sp³-hybridized carbons (Fsp3) is 0.308. The number of anilines is 1. The van der Waals surface area contributed by atoms with Gasteiger partial charge in [-0.15, -0.1) is 0 Å². The van der Waals surface area contributed by atoms with Gasteiger partial charge in [0.15, 0.2) is 0 Å². The van der Waals surface area contributed by atoms with Crippen molar-refractivity contribution in [1.29, 1.82) is 0 Å². The molecule has 4 N–H and O–H groups in total. The number of hydrogen-bond acceptors (Lipinski definition) is 4. The molecule has 0 bridgehead atoms. The maximum atomic E-state index is 11.8. The zero-order valence-electron chi connectivity index (χ0n) is 10.9. The number of carbonyl (C=O) groups excluding carboxylic acids is 3. The molecule has 0 aromatic heterocycles. The Balaban J connectivity index is 1.85. The van der Waals surface area contributed by atoms with Crippen molar-refractivity contribution in [3.63, 3.8) is 0 Å². The third-order valence-electron chi connectivity index (χ3n) is 2.96. The Kier molecular flexibility index (Phi) is 4.19. The van der Waals surface area contributed by atoms with Crippen LogP contribution in [0.4, 0.5) is 5.69 Å². The first kappa shape index (κ1) is 13.9. The van der Waals surface area contributed by atoms with E-state index < -0.39 is 0 Å². The van der Waals surface area contributed by atoms with E-state index in [9.17, 15) is 14.4 Å². The van der Waals surface area contributed by atoms with Gasteiger partial charge in [-0.25, -0.2) is 0 Å². The minimum atomic E-state index is -0.347. The van der Waals surface area contributed by atoms with Crippen molar-refractivity contribution in [1.82, 2.24) is 15.5 Å². The first-order valence-electron chi connectivity index (χ1n) is 6.24. The van der Waals surface area contributed by atoms with E-state index in [4.69, 9.17) is 5.73 Å². The molecule has 0 unspecified atom stereocenters. The van der Waals surface area contributed by atoms with Crippen LogP contribution in [0.1, 0.15) is 10.4 Å². The molecule has 1 heterocycles. The van der Waals surface area contributed by atoms with Gasteiger partial charge in [0.25, 0.3) is 5.91 Å². The summed E-state index contributed by atoms with van der Waals surface area (Å²) in [5, 5.41) is 5.16. The Morgan fingerprint density at radius 3 is 2.65 bits per heavy atom. The number of nitrogens with two attached hydrogens (primary N) is 1. The molecular formula is C13H16N4O3. The lowest BCUT2D eigenvalue weighted by Gasteiger charge is -2.26. The fourth-order valence-electron chi connectivity index (χ4n) is 1.86. The molecule has 20 heavy (non-hydrogen) atoms. The highest BCUT2D eigenvalue weighted by molar-refractivity contribution is 5.97. The minimum Gasteiger partial charge on any atom is -0.399 e. The van der Waals surface area contributed by atoms with Gasteiger partial charge in [-0.05, 0) is 24.3 Å². The van der Waals surface area contributed by atoms with E-state index >= 15 is 0 Å². The second-order valence-electron chi connectivity index (χ2n) is 4.47. The van der Waals surface area contributed by atoms with Crippen molar-refractivity contribution in [2.45, 2.75) is 0 Å². The molecule has 0 saturated carbocycles. The van der Waals surface area contributed by atoms with E-state index in [1.807, 2.05) is 0 Å². The SMILES string of the molecule is Nc1ccc(C(=O)NCC(=O)N2CCNC(=O)C2)cc1. The highest BCUT2D eigenvalue weighted by Crippen LogP contribution is 2.05. The van der Waals surface area contributed by atoms with Crippen LogP contribution in [0.3, 0.4) is 0 Å². The summed E-state index contributed by atoms with van der Waals surface area (Å²) in [5.74, 6) is -0.807. The summed E-state index contributed by atoms with van der Waals surface area (Å²) in [6, 6.07) is 6.41. The standard InChI is InChI=1S/C13H16N4O3/c14-10-3-1-9(2-4-10)13(20)16-7-12(19)17-6-5-15-11(18)8-17/h1-4H,5-8,14H2,(H,15,18)(H,16,20). The predicted molar refractivity (Wildman–Crippen MR) is 72.8 cm³/mol. The summed E-state index contributed by atoms with van der Waals surface area (Å²) in [6.07, 6.45) is 0. The van der Waals surface area contributed by atoms with Gasteiger partial charge in [0.05, 0.1) is 13.1 Å². The van der Waals surface area contributed by atoms with Crippen molar-refractivity contribution in [2.24, 2.45) is 0 Å². The van der Waals surface area contributed by atoms with Gasteiger partial charge in [0, 0.05) is 24.3 Å². The maximum Gasteiger partial charge on any atom is 0.251 e. The first-order valence-corrected chi connectivity index (χ1v) is 6.24. The van der Waals surface area contributed by atoms with Gasteiger partial charge in [0.2, 0.25) is 11.8 Å². The lowest BCUT2D eigenvalue weighted by molar-refractivity contribution is -0.137. The predicted octanol–water partition coefficient (Wildman–Crippen LogP) is -1.04. The molecule has 1 aliphatic rings. The van der Waals surface area contributed by atoms with Crippen LogP contribution in [0.2, 0.25) is 0 Å². The zero-order valence-corrected chi connectivity index (χ0v) is 10.9. The highest BCUT2D eigenvalue weighted by Gasteiger charge is 2.21. The van der Waals surface area contributed by atoms with Gasteiger partial charge < -0.3 is 21.3 Å². The largest absolute Gasteiger partial charge is 0.399 e. The Hall–Kier alpha value is -2.57. The third kappa shape index (κ3) is 3.47. The van der Waals surface area contributed by atoms with Gasteiger partial charge in [-0.3, -0.25) is 14.4 Å². The molecule has 106 valence electrons. The van der Waals surface area contributed by atoms with Gasteiger partial charge in [0.1, 0.15) is 0 Å². The highest BCUT2D eigenvalue weighted by atomic mass is 16.2. The normalized spacial score (nSPS) is 14.6. The first-order chi connectivity index (χ1) is 9.56. The van der Waals surface area contributed by atoms with E-state index in [0.29, 0.717) is 24.3 Å². The maximum absolute atomic E-state index is 11.8. The number of piperazine rings is 1. The number of hydrogen-bond donors (Lipinski definition) is 3. The van der Waals surface area contributed by atoms with E-state index in [2.05, 4.69) is 10.6 Å². The van der Waals surface area contributed by atoms with Crippen LogP contribution in [-0.4, -0.2) is 48.8 Å². The van der Waals surface area contributed by atoms with Crippen molar-refractivity contribution >= 4 is 23.4 Å². The number of rotatable bonds is 3. The summed E-state index contributed by atoms with van der Waals surface area (Å²) < 4.78 is 0. The number of nitrogen functional groups attached to an aromatic ring is 1. The minimum absolute atomic E-state index is 0.0383. The molecule has 1 aromatic carbocycles. The molecule has 0 aliphatic carbocycles. The summed E-state index contributed by atoms with van der Waals surface area (Å²) in [7, 11) is 0. The molecule has 1 aromatic rings. The quantitative estimate of drug-likeness (QED) is 0.613. The summed E-state index contributed by atoms with van der Waals surface area (Å²) in [6.45, 7) is 0.811. The second kappa shape index (κ2) is 6.05. The number of amides is 3. The topological polar surface area (TPSA) is 105 Å². The van der Waals surface area contributed by atoms with Crippen LogP contribution in [-0.2, 0) is 9.59 Å². The van der Waals surface area contributed by atoms with E-state index in [1.165, 1.54) is 4.90 Å². The molecule has 1 fully saturated rings. The van der Waals surface area contributed by atoms with Gasteiger partial charge in [-0.2, -0.15) is 0 Å². The van der Waals surface area contributed by atoms with Crippen LogP contribution >= 0.6 is 0 Å². The molecule has 7 heteroatoms. The van der Waals surface area contributed by atoms with Gasteiger partial charge in [-0.1, -0.05) is 0 Å². The van der Waals surface area contributed by atoms with Crippen LogP contribution in [0.25, 0.3) is 0 Å². The zero-order chi connectivity index (χ0) is 14.5. The summed E-state index contributed by atoms with van der Waals surface area (Å²) in [4.78, 5) is 36.2. The number of nitrogens with one attached hydrogen (secondary N) is 2. The average molecular weight is 276 g/mol. The monoisotopic (exact) mass is 276 g/mol. The van der Waals surface area contributed by atoms with Crippen LogP contribution in [0.15, 0.2) is 24.3 Å². The molecule has 7 nitrogen and oxygen atoms in total. The number of benzene rings is 1. The Bertz CT molecular complexity index is 527. The fourth-order valence-corrected chi connectivity index (χ4v) is 1.86.